The largest absolute Gasteiger partial charge is 0.489 e. The average Bonchev–Trinajstić information content (AvgIpc) is 2.74. The van der Waals surface area contributed by atoms with Crippen molar-refractivity contribution in [1.29, 1.82) is 0 Å². The van der Waals surface area contributed by atoms with E-state index in [-0.39, 0.29) is 11.7 Å². The van der Waals surface area contributed by atoms with Crippen LogP contribution in [0.25, 0.3) is 6.08 Å². The van der Waals surface area contributed by atoms with E-state index in [1.54, 1.807) is 18.2 Å². The summed E-state index contributed by atoms with van der Waals surface area (Å²) in [5, 5.41) is 2.82. The van der Waals surface area contributed by atoms with Crippen LogP contribution in [0, 0.1) is 5.82 Å². The van der Waals surface area contributed by atoms with E-state index in [2.05, 4.69) is 5.32 Å². The fraction of sp³-hybridized carbons (Fsp3) is 0.125. The maximum Gasteiger partial charge on any atom is 0.244 e. The second-order valence-corrected chi connectivity index (χ2v) is 6.34. The predicted octanol–water partition coefficient (Wildman–Crippen LogP) is 4.78. The SMILES string of the molecule is O=C(/C=C/c1ccc(OCc2ccccc2)cc1)NCCc1ccc(F)cc1. The van der Waals surface area contributed by atoms with Gasteiger partial charge in [0.1, 0.15) is 18.2 Å². The van der Waals surface area contributed by atoms with Crippen molar-refractivity contribution in [2.24, 2.45) is 0 Å². The number of rotatable bonds is 8. The van der Waals surface area contributed by atoms with Gasteiger partial charge < -0.3 is 10.1 Å². The quantitative estimate of drug-likeness (QED) is 0.576. The second-order valence-electron chi connectivity index (χ2n) is 6.34. The lowest BCUT2D eigenvalue weighted by Crippen LogP contribution is -2.23. The molecule has 0 spiro atoms. The van der Waals surface area contributed by atoms with Crippen LogP contribution in [0.15, 0.2) is 84.9 Å². The zero-order chi connectivity index (χ0) is 19.6. The molecule has 4 heteroatoms. The standard InChI is InChI=1S/C24H22FNO2/c25-22-11-6-20(7-12-22)16-17-26-24(27)15-10-19-8-13-23(14-9-19)28-18-21-4-2-1-3-5-21/h1-15H,16-18H2,(H,26,27)/b15-10+. The van der Waals surface area contributed by atoms with Crippen molar-refractivity contribution in [3.8, 4) is 5.75 Å². The Hall–Kier alpha value is -3.40. The van der Waals surface area contributed by atoms with E-state index in [1.807, 2.05) is 54.6 Å². The molecule has 3 aromatic carbocycles. The number of hydrogen-bond donors (Lipinski definition) is 1. The summed E-state index contributed by atoms with van der Waals surface area (Å²) in [5.74, 6) is 0.364. The highest BCUT2D eigenvalue weighted by atomic mass is 19.1. The first-order valence-electron chi connectivity index (χ1n) is 9.16. The van der Waals surface area contributed by atoms with Gasteiger partial charge in [-0.3, -0.25) is 4.79 Å². The van der Waals surface area contributed by atoms with Crippen LogP contribution in [-0.2, 0) is 17.8 Å². The molecular formula is C24H22FNO2. The van der Waals surface area contributed by atoms with Gasteiger partial charge in [-0.15, -0.1) is 0 Å². The van der Waals surface area contributed by atoms with E-state index in [9.17, 15) is 9.18 Å². The second kappa shape index (κ2) is 10.1. The van der Waals surface area contributed by atoms with Gasteiger partial charge in [0.2, 0.25) is 5.91 Å². The lowest BCUT2D eigenvalue weighted by Gasteiger charge is -2.06. The number of nitrogens with one attached hydrogen (secondary N) is 1. The van der Waals surface area contributed by atoms with E-state index in [0.717, 1.165) is 22.4 Å². The van der Waals surface area contributed by atoms with Crippen LogP contribution in [0.5, 0.6) is 5.75 Å². The Balaban J connectivity index is 1.41. The summed E-state index contributed by atoms with van der Waals surface area (Å²) in [5.41, 5.74) is 3.02. The summed E-state index contributed by atoms with van der Waals surface area (Å²) in [6, 6.07) is 23.8. The van der Waals surface area contributed by atoms with E-state index in [4.69, 9.17) is 4.74 Å². The van der Waals surface area contributed by atoms with Crippen LogP contribution in [0.3, 0.4) is 0 Å². The topological polar surface area (TPSA) is 38.3 Å². The van der Waals surface area contributed by atoms with Gasteiger partial charge in [0.15, 0.2) is 0 Å². The number of carbonyl (C=O) groups is 1. The third-order valence-electron chi connectivity index (χ3n) is 4.18. The first kappa shape index (κ1) is 19.4. The van der Waals surface area contributed by atoms with Crippen molar-refractivity contribution in [2.75, 3.05) is 6.54 Å². The minimum atomic E-state index is -0.257. The van der Waals surface area contributed by atoms with Crippen molar-refractivity contribution in [3.05, 3.63) is 107 Å². The molecule has 0 saturated carbocycles. The molecule has 3 aromatic rings. The molecule has 3 rings (SSSR count). The van der Waals surface area contributed by atoms with Crippen LogP contribution >= 0.6 is 0 Å². The van der Waals surface area contributed by atoms with Crippen LogP contribution in [0.4, 0.5) is 4.39 Å². The Labute approximate surface area is 164 Å². The highest BCUT2D eigenvalue weighted by Crippen LogP contribution is 2.15. The molecule has 0 fully saturated rings. The van der Waals surface area contributed by atoms with Crippen molar-refractivity contribution < 1.29 is 13.9 Å². The lowest BCUT2D eigenvalue weighted by molar-refractivity contribution is -0.116. The number of carbonyl (C=O) groups excluding carboxylic acids is 1. The number of ether oxygens (including phenoxy) is 1. The first-order valence-corrected chi connectivity index (χ1v) is 9.16. The monoisotopic (exact) mass is 375 g/mol. The highest BCUT2D eigenvalue weighted by Gasteiger charge is 1.99. The van der Waals surface area contributed by atoms with E-state index < -0.39 is 0 Å². The van der Waals surface area contributed by atoms with Gasteiger partial charge in [-0.2, -0.15) is 0 Å². The molecule has 0 saturated heterocycles. The third-order valence-corrected chi connectivity index (χ3v) is 4.18. The Bertz CT molecular complexity index is 904. The maximum absolute atomic E-state index is 12.9. The van der Waals surface area contributed by atoms with Gasteiger partial charge in [0.05, 0.1) is 0 Å². The van der Waals surface area contributed by atoms with Gasteiger partial charge in [-0.05, 0) is 53.5 Å². The van der Waals surface area contributed by atoms with E-state index >= 15 is 0 Å². The molecule has 1 amide bonds. The number of benzene rings is 3. The Kier molecular flexibility index (Phi) is 6.96. The Morgan fingerprint density at radius 2 is 1.61 bits per heavy atom. The van der Waals surface area contributed by atoms with Gasteiger partial charge in [0, 0.05) is 12.6 Å². The molecule has 0 radical (unpaired) electrons. The van der Waals surface area contributed by atoms with Gasteiger partial charge >= 0.3 is 0 Å². The molecular weight excluding hydrogens is 353 g/mol. The Morgan fingerprint density at radius 1 is 0.893 bits per heavy atom. The minimum absolute atomic E-state index is 0.161. The molecule has 0 aliphatic heterocycles. The molecule has 3 nitrogen and oxygen atoms in total. The summed E-state index contributed by atoms with van der Waals surface area (Å²) in [7, 11) is 0. The molecule has 0 aliphatic rings. The van der Waals surface area contributed by atoms with Crippen molar-refractivity contribution in [3.63, 3.8) is 0 Å². The van der Waals surface area contributed by atoms with E-state index in [1.165, 1.54) is 18.2 Å². The molecule has 0 unspecified atom stereocenters. The molecule has 0 heterocycles. The fourth-order valence-corrected chi connectivity index (χ4v) is 2.63. The first-order chi connectivity index (χ1) is 13.7. The normalized spacial score (nSPS) is 10.8. The van der Waals surface area contributed by atoms with Crippen LogP contribution in [0.2, 0.25) is 0 Å². The van der Waals surface area contributed by atoms with Crippen LogP contribution in [0.1, 0.15) is 16.7 Å². The molecule has 0 bridgehead atoms. The van der Waals surface area contributed by atoms with Crippen molar-refractivity contribution in [2.45, 2.75) is 13.0 Å². The zero-order valence-electron chi connectivity index (χ0n) is 15.5. The Morgan fingerprint density at radius 3 is 2.32 bits per heavy atom. The van der Waals surface area contributed by atoms with Gasteiger partial charge in [0.25, 0.3) is 0 Å². The smallest absolute Gasteiger partial charge is 0.244 e. The summed E-state index contributed by atoms with van der Waals surface area (Å²) in [6.45, 7) is 1.02. The lowest BCUT2D eigenvalue weighted by atomic mass is 10.1. The number of amides is 1. The molecule has 0 aliphatic carbocycles. The molecule has 0 atom stereocenters. The van der Waals surface area contributed by atoms with Crippen molar-refractivity contribution >= 4 is 12.0 Å². The summed E-state index contributed by atoms with van der Waals surface area (Å²) >= 11 is 0. The van der Waals surface area contributed by atoms with Crippen LogP contribution < -0.4 is 10.1 Å². The fourth-order valence-electron chi connectivity index (χ4n) is 2.63. The van der Waals surface area contributed by atoms with Gasteiger partial charge in [-0.1, -0.05) is 54.6 Å². The minimum Gasteiger partial charge on any atom is -0.489 e. The molecule has 28 heavy (non-hydrogen) atoms. The zero-order valence-corrected chi connectivity index (χ0v) is 15.5. The number of hydrogen-bond acceptors (Lipinski definition) is 2. The summed E-state index contributed by atoms with van der Waals surface area (Å²) in [4.78, 5) is 11.9. The highest BCUT2D eigenvalue weighted by molar-refractivity contribution is 5.91. The summed E-state index contributed by atoms with van der Waals surface area (Å²) < 4.78 is 18.6. The maximum atomic E-state index is 12.9. The average molecular weight is 375 g/mol. The molecule has 0 aromatic heterocycles. The van der Waals surface area contributed by atoms with Crippen LogP contribution in [-0.4, -0.2) is 12.5 Å². The van der Waals surface area contributed by atoms with Gasteiger partial charge in [-0.25, -0.2) is 4.39 Å². The third kappa shape index (κ3) is 6.40. The summed E-state index contributed by atoms with van der Waals surface area (Å²) in [6.07, 6.45) is 3.92. The predicted molar refractivity (Wildman–Crippen MR) is 109 cm³/mol. The molecule has 142 valence electrons. The van der Waals surface area contributed by atoms with Crippen molar-refractivity contribution in [1.82, 2.24) is 5.32 Å². The number of halogens is 1. The molecule has 1 N–H and O–H groups in total. The van der Waals surface area contributed by atoms with E-state index in [0.29, 0.717) is 19.6 Å².